The molecule has 16 rings (SSSR count). The second kappa shape index (κ2) is 16.6. The van der Waals surface area contributed by atoms with Crippen molar-refractivity contribution in [3.63, 3.8) is 0 Å². The molecule has 5 aromatic heterocycles. The molecule has 354 valence electrons. The van der Waals surface area contributed by atoms with Crippen LogP contribution in [0.2, 0.25) is 0 Å². The van der Waals surface area contributed by atoms with E-state index in [0.717, 1.165) is 121 Å². The van der Waals surface area contributed by atoms with E-state index in [-0.39, 0.29) is 0 Å². The van der Waals surface area contributed by atoms with Crippen LogP contribution in [0.15, 0.2) is 259 Å². The maximum Gasteiger partial charge on any atom is 0.164 e. The zero-order chi connectivity index (χ0) is 49.8. The lowest BCUT2D eigenvalue weighted by Gasteiger charge is -2.16. The van der Waals surface area contributed by atoms with Crippen molar-refractivity contribution >= 4 is 87.4 Å². The van der Waals surface area contributed by atoms with Gasteiger partial charge in [-0.05, 0) is 77.9 Å². The van der Waals surface area contributed by atoms with E-state index in [1.165, 1.54) is 10.8 Å². The maximum absolute atomic E-state index is 7.22. The average Bonchev–Trinajstić information content (AvgIpc) is 4.37. The van der Waals surface area contributed by atoms with Crippen LogP contribution in [-0.4, -0.2) is 28.7 Å². The Morgan fingerprint density at radius 2 is 0.789 bits per heavy atom. The van der Waals surface area contributed by atoms with Crippen molar-refractivity contribution in [1.82, 2.24) is 28.7 Å². The normalized spacial score (nSPS) is 11.9. The quantitative estimate of drug-likeness (QED) is 0.160. The fourth-order valence-corrected chi connectivity index (χ4v) is 12.0. The van der Waals surface area contributed by atoms with E-state index in [1.54, 1.807) is 0 Å². The highest BCUT2D eigenvalue weighted by Gasteiger charge is 2.28. The van der Waals surface area contributed by atoms with Crippen LogP contribution in [0.4, 0.5) is 0 Å². The van der Waals surface area contributed by atoms with Crippen LogP contribution >= 0.6 is 0 Å². The van der Waals surface area contributed by atoms with E-state index in [1.807, 2.05) is 30.3 Å². The standard InChI is InChI=1S/C69H42N6O/c1-4-21-43(22-5-1)45-25-20-26-46(41-45)68-70-67(44-23-6-2-7-24-44)71-69(72-68)53-39-40-59(66-62(53)52-33-14-19-38-61(52)76-66)75-57-36-17-12-31-50(57)54-42-60(74-55-34-15-10-29-48(55)49-30-11-16-35-56(49)74)63-51-32-13-18-37-58(51)73(65(63)64(54)75)47-27-8-3-9-28-47/h1-42H. The summed E-state index contributed by atoms with van der Waals surface area (Å²) in [6, 6.07) is 90.2. The number of furan rings is 1. The first-order valence-electron chi connectivity index (χ1n) is 25.7. The van der Waals surface area contributed by atoms with E-state index < -0.39 is 0 Å². The number of para-hydroxylation sites is 6. The minimum absolute atomic E-state index is 0.557. The zero-order valence-corrected chi connectivity index (χ0v) is 40.8. The Labute approximate surface area is 435 Å². The van der Waals surface area contributed by atoms with Crippen LogP contribution < -0.4 is 0 Å². The summed E-state index contributed by atoms with van der Waals surface area (Å²) >= 11 is 0. The smallest absolute Gasteiger partial charge is 0.164 e. The van der Waals surface area contributed by atoms with Gasteiger partial charge in [-0.3, -0.25) is 0 Å². The summed E-state index contributed by atoms with van der Waals surface area (Å²) in [5, 5.41) is 8.91. The third kappa shape index (κ3) is 6.26. The predicted molar refractivity (Wildman–Crippen MR) is 312 cm³/mol. The van der Waals surface area contributed by atoms with E-state index >= 15 is 0 Å². The summed E-state index contributed by atoms with van der Waals surface area (Å²) in [6.45, 7) is 0. The number of benzene rings is 11. The highest BCUT2D eigenvalue weighted by atomic mass is 16.3. The van der Waals surface area contributed by atoms with Gasteiger partial charge >= 0.3 is 0 Å². The first kappa shape index (κ1) is 42.2. The molecule has 5 heterocycles. The zero-order valence-electron chi connectivity index (χ0n) is 40.8. The van der Waals surface area contributed by atoms with Gasteiger partial charge in [-0.2, -0.15) is 0 Å². The molecule has 0 fully saturated rings. The number of hydrogen-bond acceptors (Lipinski definition) is 4. The molecule has 0 radical (unpaired) electrons. The Balaban J connectivity index is 1.03. The molecular weight excluding hydrogens is 929 g/mol. The molecule has 16 aromatic rings. The topological polar surface area (TPSA) is 66.6 Å². The molecule has 11 aromatic carbocycles. The minimum atomic E-state index is 0.557. The summed E-state index contributed by atoms with van der Waals surface area (Å²) in [4.78, 5) is 15.9. The Morgan fingerprint density at radius 1 is 0.289 bits per heavy atom. The summed E-state index contributed by atoms with van der Waals surface area (Å²) in [7, 11) is 0. The summed E-state index contributed by atoms with van der Waals surface area (Å²) in [5.41, 5.74) is 16.1. The van der Waals surface area contributed by atoms with Crippen LogP contribution in [0.3, 0.4) is 0 Å². The molecule has 0 unspecified atom stereocenters. The van der Waals surface area contributed by atoms with Gasteiger partial charge < -0.3 is 18.1 Å². The Morgan fingerprint density at radius 3 is 1.47 bits per heavy atom. The lowest BCUT2D eigenvalue weighted by molar-refractivity contribution is 0.666. The first-order valence-corrected chi connectivity index (χ1v) is 25.7. The lowest BCUT2D eigenvalue weighted by Crippen LogP contribution is -2.02. The maximum atomic E-state index is 7.22. The van der Waals surface area contributed by atoms with Crippen LogP contribution in [0, 0.1) is 0 Å². The van der Waals surface area contributed by atoms with Crippen molar-refractivity contribution < 1.29 is 4.42 Å². The Bertz CT molecular complexity index is 4940. The largest absolute Gasteiger partial charge is 0.454 e. The van der Waals surface area contributed by atoms with Gasteiger partial charge in [0.2, 0.25) is 0 Å². The Hall–Kier alpha value is -10.4. The summed E-state index contributed by atoms with van der Waals surface area (Å²) < 4.78 is 14.6. The third-order valence-electron chi connectivity index (χ3n) is 15.3. The van der Waals surface area contributed by atoms with Crippen LogP contribution in [0.5, 0.6) is 0 Å². The van der Waals surface area contributed by atoms with E-state index in [4.69, 9.17) is 19.4 Å². The molecule has 0 atom stereocenters. The van der Waals surface area contributed by atoms with Gasteiger partial charge in [0.05, 0.1) is 44.5 Å². The van der Waals surface area contributed by atoms with Gasteiger partial charge in [0.15, 0.2) is 23.1 Å². The Kier molecular flexibility index (Phi) is 9.20. The van der Waals surface area contributed by atoms with E-state index in [0.29, 0.717) is 17.5 Å². The lowest BCUT2D eigenvalue weighted by atomic mass is 10.0. The molecule has 0 aliphatic heterocycles. The van der Waals surface area contributed by atoms with Crippen molar-refractivity contribution in [2.24, 2.45) is 0 Å². The molecule has 0 amide bonds. The molecule has 0 spiro atoms. The first-order chi connectivity index (χ1) is 37.7. The van der Waals surface area contributed by atoms with Gasteiger partial charge in [-0.1, -0.05) is 188 Å². The minimum Gasteiger partial charge on any atom is -0.454 e. The average molecular weight is 971 g/mol. The fraction of sp³-hybridized carbons (Fsp3) is 0. The molecule has 0 aliphatic carbocycles. The van der Waals surface area contributed by atoms with Gasteiger partial charge in [0.1, 0.15) is 5.58 Å². The number of fused-ring (bicyclic) bond motifs is 13. The molecule has 0 saturated heterocycles. The summed E-state index contributed by atoms with van der Waals surface area (Å²) in [5.74, 6) is 1.74. The fourth-order valence-electron chi connectivity index (χ4n) is 12.0. The van der Waals surface area contributed by atoms with Gasteiger partial charge in [0.25, 0.3) is 0 Å². The van der Waals surface area contributed by atoms with Crippen molar-refractivity contribution in [3.8, 4) is 62.4 Å². The van der Waals surface area contributed by atoms with Crippen molar-refractivity contribution in [2.75, 3.05) is 0 Å². The molecule has 7 heteroatoms. The molecule has 0 bridgehead atoms. The molecule has 0 N–H and O–H groups in total. The molecule has 0 saturated carbocycles. The molecular formula is C69H42N6O. The predicted octanol–water partition coefficient (Wildman–Crippen LogP) is 17.7. The number of nitrogens with zero attached hydrogens (tertiary/aromatic N) is 6. The van der Waals surface area contributed by atoms with Gasteiger partial charge in [-0.15, -0.1) is 0 Å². The molecule has 0 aliphatic rings. The second-order valence-electron chi connectivity index (χ2n) is 19.5. The third-order valence-corrected chi connectivity index (χ3v) is 15.3. The van der Waals surface area contributed by atoms with Crippen molar-refractivity contribution in [2.45, 2.75) is 0 Å². The van der Waals surface area contributed by atoms with Gasteiger partial charge in [-0.25, -0.2) is 15.0 Å². The van der Waals surface area contributed by atoms with Crippen LogP contribution in [0.1, 0.15) is 0 Å². The molecule has 76 heavy (non-hydrogen) atoms. The van der Waals surface area contributed by atoms with E-state index in [9.17, 15) is 0 Å². The van der Waals surface area contributed by atoms with Crippen LogP contribution in [0.25, 0.3) is 150 Å². The number of aromatic nitrogens is 6. The summed E-state index contributed by atoms with van der Waals surface area (Å²) in [6.07, 6.45) is 0. The van der Waals surface area contributed by atoms with Crippen molar-refractivity contribution in [1.29, 1.82) is 0 Å². The number of hydrogen-bond donors (Lipinski definition) is 0. The van der Waals surface area contributed by atoms with Crippen molar-refractivity contribution in [3.05, 3.63) is 255 Å². The molecule has 7 nitrogen and oxygen atoms in total. The second-order valence-corrected chi connectivity index (χ2v) is 19.5. The monoisotopic (exact) mass is 970 g/mol. The SMILES string of the molecule is c1ccc(-c2cccc(-c3nc(-c4ccccc4)nc(-c4ccc(-n5c6ccccc6c6cc(-n7c8ccccc8c8ccccc87)c7c8ccccc8n(-c8ccccc8)c7c65)c5oc6ccccc6c45)n3)c2)cc1. The van der Waals surface area contributed by atoms with Gasteiger partial charge in [0, 0.05) is 65.5 Å². The highest BCUT2D eigenvalue weighted by molar-refractivity contribution is 6.28. The van der Waals surface area contributed by atoms with E-state index in [2.05, 4.69) is 238 Å². The highest BCUT2D eigenvalue weighted by Crippen LogP contribution is 2.48. The van der Waals surface area contributed by atoms with Crippen LogP contribution in [-0.2, 0) is 0 Å². The number of rotatable bonds is 7.